The summed E-state index contributed by atoms with van der Waals surface area (Å²) in [6.45, 7) is 10.5. The molecule has 2 N–H and O–H groups in total. The lowest BCUT2D eigenvalue weighted by molar-refractivity contribution is -0.164. The van der Waals surface area contributed by atoms with Crippen LogP contribution in [0, 0.1) is 5.92 Å². The first kappa shape index (κ1) is 24.6. The van der Waals surface area contributed by atoms with Crippen LogP contribution in [-0.4, -0.2) is 58.3 Å². The van der Waals surface area contributed by atoms with E-state index in [4.69, 9.17) is 14.2 Å². The van der Waals surface area contributed by atoms with Gasteiger partial charge in [0.2, 0.25) is 0 Å². The molecule has 1 fully saturated rings. The van der Waals surface area contributed by atoms with Gasteiger partial charge in [-0.3, -0.25) is 4.79 Å². The third-order valence-electron chi connectivity index (χ3n) is 6.39. The normalized spacial score (nSPS) is 41.0. The minimum Gasteiger partial charge on any atom is -0.466 e. The van der Waals surface area contributed by atoms with Crippen molar-refractivity contribution in [2.24, 2.45) is 5.92 Å². The zero-order valence-electron chi connectivity index (χ0n) is 18.8. The average molecular weight is 425 g/mol. The van der Waals surface area contributed by atoms with Crippen LogP contribution in [0.3, 0.4) is 0 Å². The van der Waals surface area contributed by atoms with Crippen LogP contribution in [0.2, 0.25) is 0 Å². The third-order valence-corrected chi connectivity index (χ3v) is 6.39. The van der Waals surface area contributed by atoms with Crippen molar-refractivity contribution in [3.05, 3.63) is 24.3 Å². The molecule has 30 heavy (non-hydrogen) atoms. The molecule has 0 radical (unpaired) electrons. The molecule has 7 heteroatoms. The highest BCUT2D eigenvalue weighted by Crippen LogP contribution is 2.45. The highest BCUT2D eigenvalue weighted by atomic mass is 16.6. The number of carbonyl (C=O) groups excluding carboxylic acids is 2. The molecule has 2 aliphatic rings. The highest BCUT2D eigenvalue weighted by Gasteiger charge is 2.52. The van der Waals surface area contributed by atoms with E-state index in [2.05, 4.69) is 6.58 Å². The van der Waals surface area contributed by atoms with E-state index in [1.807, 2.05) is 13.0 Å². The quantitative estimate of drug-likeness (QED) is 0.311. The second-order valence-corrected chi connectivity index (χ2v) is 9.36. The number of aliphatic hydroxyl groups is 2. The summed E-state index contributed by atoms with van der Waals surface area (Å²) in [6.07, 6.45) is 5.35. The zero-order chi connectivity index (χ0) is 22.7. The number of carbonyl (C=O) groups is 2. The van der Waals surface area contributed by atoms with E-state index in [0.717, 1.165) is 0 Å². The molecule has 0 unspecified atom stereocenters. The Morgan fingerprint density at radius 1 is 1.17 bits per heavy atom. The van der Waals surface area contributed by atoms with Gasteiger partial charge in [0.15, 0.2) is 0 Å². The Morgan fingerprint density at radius 3 is 2.43 bits per heavy atom. The maximum absolute atomic E-state index is 12.1. The predicted molar refractivity (Wildman–Crippen MR) is 112 cm³/mol. The molecule has 1 aliphatic carbocycles. The van der Waals surface area contributed by atoms with Crippen molar-refractivity contribution >= 4 is 11.9 Å². The number of esters is 2. The fourth-order valence-electron chi connectivity index (χ4n) is 4.14. The summed E-state index contributed by atoms with van der Waals surface area (Å²) in [5.74, 6) is -1.20. The molecular weight excluding hydrogens is 388 g/mol. The van der Waals surface area contributed by atoms with Crippen molar-refractivity contribution < 1.29 is 34.0 Å². The molecule has 0 aromatic carbocycles. The van der Waals surface area contributed by atoms with E-state index in [-0.39, 0.29) is 24.0 Å². The van der Waals surface area contributed by atoms with Gasteiger partial charge in [-0.1, -0.05) is 18.7 Å². The van der Waals surface area contributed by atoms with Crippen molar-refractivity contribution in [2.45, 2.75) is 95.2 Å². The summed E-state index contributed by atoms with van der Waals surface area (Å²) >= 11 is 0. The lowest BCUT2D eigenvalue weighted by Crippen LogP contribution is -2.43. The Morgan fingerprint density at radius 2 is 1.83 bits per heavy atom. The van der Waals surface area contributed by atoms with Crippen LogP contribution in [0.5, 0.6) is 0 Å². The molecule has 0 saturated carbocycles. The fourth-order valence-corrected chi connectivity index (χ4v) is 4.14. The minimum atomic E-state index is -1.34. The Bertz CT molecular complexity index is 694. The lowest BCUT2D eigenvalue weighted by Gasteiger charge is -2.35. The summed E-state index contributed by atoms with van der Waals surface area (Å²) in [6, 6.07) is 0. The molecule has 6 atom stereocenters. The number of hydrogen-bond acceptors (Lipinski definition) is 7. The van der Waals surface area contributed by atoms with Gasteiger partial charge in [-0.15, -0.1) is 0 Å². The fraction of sp³-hybridized carbons (Fsp3) is 0.739. The van der Waals surface area contributed by atoms with Crippen LogP contribution < -0.4 is 0 Å². The van der Waals surface area contributed by atoms with Crippen molar-refractivity contribution in [3.63, 3.8) is 0 Å². The SMILES string of the molecule is C=C(C(=O)OC)[C@@H]1CC[C@@](C)(O)[C@H](OC(C)=O)CC[C@](C)(O)/C=C/C[C@]2(C)O[C@H]2C1. The van der Waals surface area contributed by atoms with Crippen molar-refractivity contribution in [1.29, 1.82) is 0 Å². The smallest absolute Gasteiger partial charge is 0.333 e. The molecule has 170 valence electrons. The van der Waals surface area contributed by atoms with Gasteiger partial charge in [0, 0.05) is 12.5 Å². The summed E-state index contributed by atoms with van der Waals surface area (Å²) in [5.41, 5.74) is -2.44. The van der Waals surface area contributed by atoms with E-state index in [1.54, 1.807) is 19.9 Å². The molecule has 1 aliphatic heterocycles. The Hall–Kier alpha value is -1.70. The van der Waals surface area contributed by atoms with Crippen LogP contribution in [0.1, 0.15) is 66.2 Å². The molecule has 0 aromatic heterocycles. The van der Waals surface area contributed by atoms with Crippen molar-refractivity contribution in [3.8, 4) is 0 Å². The number of epoxide rings is 1. The first-order valence-corrected chi connectivity index (χ1v) is 10.5. The predicted octanol–water partition coefficient (Wildman–Crippen LogP) is 2.83. The van der Waals surface area contributed by atoms with E-state index in [0.29, 0.717) is 37.7 Å². The van der Waals surface area contributed by atoms with Crippen LogP contribution in [0.4, 0.5) is 0 Å². The first-order chi connectivity index (χ1) is 13.8. The van der Waals surface area contributed by atoms with Gasteiger partial charge in [0.25, 0.3) is 0 Å². The van der Waals surface area contributed by atoms with Gasteiger partial charge < -0.3 is 24.4 Å². The number of fused-ring (bicyclic) bond motifs is 1. The molecule has 1 heterocycles. The Kier molecular flexibility index (Phi) is 7.54. The third kappa shape index (κ3) is 6.40. The monoisotopic (exact) mass is 424 g/mol. The Balaban J connectivity index is 2.30. The number of ether oxygens (including phenoxy) is 3. The van der Waals surface area contributed by atoms with Crippen molar-refractivity contribution in [1.82, 2.24) is 0 Å². The number of rotatable bonds is 3. The zero-order valence-corrected chi connectivity index (χ0v) is 18.8. The molecular formula is C23H36O7. The van der Waals surface area contributed by atoms with Crippen molar-refractivity contribution in [2.75, 3.05) is 7.11 Å². The number of hydrogen-bond donors (Lipinski definition) is 2. The van der Waals surface area contributed by atoms with Gasteiger partial charge in [-0.05, 0) is 65.2 Å². The topological polar surface area (TPSA) is 106 Å². The van der Waals surface area contributed by atoms with E-state index in [9.17, 15) is 19.8 Å². The first-order valence-electron chi connectivity index (χ1n) is 10.5. The van der Waals surface area contributed by atoms with E-state index in [1.165, 1.54) is 14.0 Å². The summed E-state index contributed by atoms with van der Waals surface area (Å²) < 4.78 is 16.2. The van der Waals surface area contributed by atoms with Gasteiger partial charge in [0.05, 0.1) is 30.0 Å². The molecule has 0 spiro atoms. The van der Waals surface area contributed by atoms with Gasteiger partial charge in [0.1, 0.15) is 6.10 Å². The summed E-state index contributed by atoms with van der Waals surface area (Å²) in [5, 5.41) is 21.8. The van der Waals surface area contributed by atoms with Gasteiger partial charge in [-0.25, -0.2) is 4.79 Å². The molecule has 7 nitrogen and oxygen atoms in total. The second-order valence-electron chi connectivity index (χ2n) is 9.36. The minimum absolute atomic E-state index is 0.0596. The summed E-state index contributed by atoms with van der Waals surface area (Å²) in [7, 11) is 1.32. The number of methoxy groups -OCH3 is 1. The maximum Gasteiger partial charge on any atom is 0.333 e. The van der Waals surface area contributed by atoms with Crippen LogP contribution in [-0.2, 0) is 23.8 Å². The molecule has 0 bridgehead atoms. The van der Waals surface area contributed by atoms with Crippen LogP contribution >= 0.6 is 0 Å². The lowest BCUT2D eigenvalue weighted by atomic mass is 9.80. The van der Waals surface area contributed by atoms with E-state index < -0.39 is 29.2 Å². The summed E-state index contributed by atoms with van der Waals surface area (Å²) in [4.78, 5) is 23.7. The van der Waals surface area contributed by atoms with Crippen LogP contribution in [0.15, 0.2) is 24.3 Å². The second kappa shape index (κ2) is 9.20. The van der Waals surface area contributed by atoms with E-state index >= 15 is 0 Å². The molecule has 0 aromatic rings. The Labute approximate surface area is 179 Å². The molecule has 0 amide bonds. The van der Waals surface area contributed by atoms with Gasteiger partial charge >= 0.3 is 11.9 Å². The average Bonchev–Trinajstić information content (AvgIpc) is 3.28. The largest absolute Gasteiger partial charge is 0.466 e. The van der Waals surface area contributed by atoms with Gasteiger partial charge in [-0.2, -0.15) is 0 Å². The standard InChI is InChI=1S/C23H36O7/c1-15(20(25)28-6)17-8-13-22(4,27)18(29-16(2)24)9-12-21(3,26)10-7-11-23(5)19(14-17)30-23/h7,10,17-19,26-27H,1,8-9,11-14H2,2-6H3/b10-7+/t17-,18-,19+,21-,22-,23+/m1/s1. The highest BCUT2D eigenvalue weighted by molar-refractivity contribution is 5.88. The van der Waals surface area contributed by atoms with Crippen LogP contribution in [0.25, 0.3) is 0 Å². The molecule has 2 rings (SSSR count). The molecule has 1 saturated heterocycles. The maximum atomic E-state index is 12.1.